The van der Waals surface area contributed by atoms with E-state index in [4.69, 9.17) is 10.8 Å². The number of carboxylic acid groups (broad SMARTS) is 1. The van der Waals surface area contributed by atoms with Crippen LogP contribution < -0.4 is 16.4 Å². The molecule has 1 amide bonds. The molecule has 1 aromatic carbocycles. The predicted octanol–water partition coefficient (Wildman–Crippen LogP) is 2.06. The third-order valence-corrected chi connectivity index (χ3v) is 2.62. The lowest BCUT2D eigenvalue weighted by Crippen LogP contribution is -2.06. The lowest BCUT2D eigenvalue weighted by atomic mass is 10.2. The summed E-state index contributed by atoms with van der Waals surface area (Å²) >= 11 is 0. The quantitative estimate of drug-likeness (QED) is 0.683. The van der Waals surface area contributed by atoms with E-state index in [-0.39, 0.29) is 17.2 Å². The maximum atomic E-state index is 11.0. The van der Waals surface area contributed by atoms with Crippen molar-refractivity contribution < 1.29 is 14.7 Å². The molecule has 2 aromatic rings. The van der Waals surface area contributed by atoms with E-state index in [2.05, 4.69) is 15.6 Å². The number of nitrogens with one attached hydrogen (secondary N) is 2. The summed E-state index contributed by atoms with van der Waals surface area (Å²) in [5.41, 5.74) is 6.91. The second-order valence-corrected chi connectivity index (χ2v) is 4.35. The Morgan fingerprint density at radius 1 is 1.24 bits per heavy atom. The maximum Gasteiger partial charge on any atom is 0.337 e. The predicted molar refractivity (Wildman–Crippen MR) is 79.6 cm³/mol. The van der Waals surface area contributed by atoms with E-state index in [1.54, 1.807) is 24.3 Å². The van der Waals surface area contributed by atoms with Crippen LogP contribution >= 0.6 is 0 Å². The van der Waals surface area contributed by atoms with Crippen LogP contribution in [0, 0.1) is 0 Å². The average Bonchev–Trinajstić information content (AvgIpc) is 2.40. The van der Waals surface area contributed by atoms with Gasteiger partial charge in [0.05, 0.1) is 17.4 Å². The number of benzene rings is 1. The fourth-order valence-corrected chi connectivity index (χ4v) is 1.75. The number of carbonyl (C=O) groups is 2. The van der Waals surface area contributed by atoms with Crippen LogP contribution in [0.15, 0.2) is 36.5 Å². The van der Waals surface area contributed by atoms with Gasteiger partial charge in [-0.25, -0.2) is 9.78 Å². The number of pyridine rings is 1. The molecule has 7 nitrogen and oxygen atoms in total. The number of hydrogen-bond donors (Lipinski definition) is 4. The molecular weight excluding hydrogens is 272 g/mol. The van der Waals surface area contributed by atoms with Crippen molar-refractivity contribution in [3.8, 4) is 0 Å². The van der Waals surface area contributed by atoms with Crippen LogP contribution in [0.25, 0.3) is 0 Å². The highest BCUT2D eigenvalue weighted by Gasteiger charge is 2.10. The number of aromatic nitrogens is 1. The molecule has 0 saturated carbocycles. The Labute approximate surface area is 120 Å². The Bertz CT molecular complexity index is 700. The van der Waals surface area contributed by atoms with Gasteiger partial charge < -0.3 is 21.5 Å². The molecule has 0 aliphatic carbocycles. The number of nitrogen functional groups attached to an aromatic ring is 1. The summed E-state index contributed by atoms with van der Waals surface area (Å²) in [6, 6.07) is 8.32. The smallest absolute Gasteiger partial charge is 0.337 e. The van der Waals surface area contributed by atoms with E-state index < -0.39 is 5.97 Å². The van der Waals surface area contributed by atoms with Crippen molar-refractivity contribution in [2.45, 2.75) is 6.92 Å². The second kappa shape index (κ2) is 5.91. The highest BCUT2D eigenvalue weighted by molar-refractivity contribution is 5.94. The number of nitrogens with two attached hydrogens (primary N) is 1. The first-order valence-electron chi connectivity index (χ1n) is 6.09. The Morgan fingerprint density at radius 2 is 1.95 bits per heavy atom. The number of hydrogen-bond acceptors (Lipinski definition) is 5. The molecule has 7 heteroatoms. The molecule has 0 aliphatic heterocycles. The van der Waals surface area contributed by atoms with Crippen LogP contribution in [0.4, 0.5) is 22.9 Å². The fraction of sp³-hybridized carbons (Fsp3) is 0.0714. The van der Waals surface area contributed by atoms with Crippen LogP contribution in [0.3, 0.4) is 0 Å². The van der Waals surface area contributed by atoms with Gasteiger partial charge in [0.15, 0.2) is 0 Å². The number of aromatic carboxylic acids is 1. The number of anilines is 4. The van der Waals surface area contributed by atoms with Crippen LogP contribution in [0.2, 0.25) is 0 Å². The van der Waals surface area contributed by atoms with Crippen LogP contribution in [-0.4, -0.2) is 22.0 Å². The van der Waals surface area contributed by atoms with Crippen LogP contribution in [0.5, 0.6) is 0 Å². The molecule has 0 bridgehead atoms. The van der Waals surface area contributed by atoms with Gasteiger partial charge in [0.25, 0.3) is 0 Å². The van der Waals surface area contributed by atoms with E-state index in [0.717, 1.165) is 0 Å². The minimum absolute atomic E-state index is 0.0227. The molecule has 5 N–H and O–H groups in total. The summed E-state index contributed by atoms with van der Waals surface area (Å²) in [6.07, 6.45) is 1.28. The van der Waals surface area contributed by atoms with E-state index >= 15 is 0 Å². The summed E-state index contributed by atoms with van der Waals surface area (Å²) < 4.78 is 0. The van der Waals surface area contributed by atoms with Gasteiger partial charge in [-0.3, -0.25) is 4.79 Å². The van der Waals surface area contributed by atoms with Gasteiger partial charge in [0.2, 0.25) is 5.91 Å². The largest absolute Gasteiger partial charge is 0.478 e. The molecule has 0 fully saturated rings. The Hall–Kier alpha value is -3.09. The first-order valence-corrected chi connectivity index (χ1v) is 6.09. The molecule has 1 aromatic heterocycles. The number of amides is 1. The molecule has 1 heterocycles. The molecule has 0 radical (unpaired) electrons. The third-order valence-electron chi connectivity index (χ3n) is 2.62. The van der Waals surface area contributed by atoms with Crippen molar-refractivity contribution in [3.63, 3.8) is 0 Å². The standard InChI is InChI=1S/C14H14N4O3/c1-8(19)17-9-3-2-4-10(5-9)18-13-6-11(14(20)21)12(15)7-16-13/h2-7H,15H2,1H3,(H,16,18)(H,17,19)(H,20,21). The van der Waals surface area contributed by atoms with Crippen molar-refractivity contribution in [2.75, 3.05) is 16.4 Å². The van der Waals surface area contributed by atoms with Gasteiger partial charge in [-0.15, -0.1) is 0 Å². The first kappa shape index (κ1) is 14.3. The zero-order valence-electron chi connectivity index (χ0n) is 11.3. The summed E-state index contributed by atoms with van der Waals surface area (Å²) in [5, 5.41) is 14.6. The van der Waals surface area contributed by atoms with E-state index in [1.807, 2.05) is 0 Å². The van der Waals surface area contributed by atoms with Crippen molar-refractivity contribution in [1.82, 2.24) is 4.98 Å². The molecule has 0 unspecified atom stereocenters. The lowest BCUT2D eigenvalue weighted by Gasteiger charge is -2.09. The van der Waals surface area contributed by atoms with Crippen LogP contribution in [0.1, 0.15) is 17.3 Å². The van der Waals surface area contributed by atoms with Crippen molar-refractivity contribution in [2.24, 2.45) is 0 Å². The van der Waals surface area contributed by atoms with Crippen molar-refractivity contribution in [1.29, 1.82) is 0 Å². The number of rotatable bonds is 4. The summed E-state index contributed by atoms with van der Waals surface area (Å²) in [7, 11) is 0. The van der Waals surface area contributed by atoms with Gasteiger partial charge in [0, 0.05) is 18.3 Å². The van der Waals surface area contributed by atoms with Gasteiger partial charge in [-0.05, 0) is 24.3 Å². The Morgan fingerprint density at radius 3 is 2.62 bits per heavy atom. The molecule has 0 aliphatic rings. The fourth-order valence-electron chi connectivity index (χ4n) is 1.75. The Balaban J connectivity index is 2.24. The van der Waals surface area contributed by atoms with Crippen LogP contribution in [-0.2, 0) is 4.79 Å². The molecule has 0 atom stereocenters. The van der Waals surface area contributed by atoms with Gasteiger partial charge >= 0.3 is 5.97 Å². The topological polar surface area (TPSA) is 117 Å². The molecule has 21 heavy (non-hydrogen) atoms. The molecule has 0 spiro atoms. The summed E-state index contributed by atoms with van der Waals surface area (Å²) in [6.45, 7) is 1.42. The third kappa shape index (κ3) is 3.69. The lowest BCUT2D eigenvalue weighted by molar-refractivity contribution is -0.114. The monoisotopic (exact) mass is 286 g/mol. The van der Waals surface area contributed by atoms with Gasteiger partial charge in [-0.2, -0.15) is 0 Å². The minimum atomic E-state index is -1.12. The minimum Gasteiger partial charge on any atom is -0.478 e. The maximum absolute atomic E-state index is 11.0. The SMILES string of the molecule is CC(=O)Nc1cccc(Nc2cc(C(=O)O)c(N)cn2)c1. The molecular formula is C14H14N4O3. The Kier molecular flexibility index (Phi) is 4.03. The summed E-state index contributed by atoms with van der Waals surface area (Å²) in [4.78, 5) is 26.1. The van der Waals surface area contributed by atoms with E-state index in [0.29, 0.717) is 17.2 Å². The molecule has 0 saturated heterocycles. The van der Waals surface area contributed by atoms with Crippen molar-refractivity contribution in [3.05, 3.63) is 42.1 Å². The van der Waals surface area contributed by atoms with E-state index in [1.165, 1.54) is 19.2 Å². The van der Waals surface area contributed by atoms with Crippen molar-refractivity contribution >= 4 is 34.8 Å². The van der Waals surface area contributed by atoms with Gasteiger partial charge in [0.1, 0.15) is 5.82 Å². The normalized spacial score (nSPS) is 9.95. The van der Waals surface area contributed by atoms with E-state index in [9.17, 15) is 9.59 Å². The highest BCUT2D eigenvalue weighted by Crippen LogP contribution is 2.21. The molecule has 108 valence electrons. The second-order valence-electron chi connectivity index (χ2n) is 4.35. The zero-order valence-corrected chi connectivity index (χ0v) is 11.3. The number of carbonyl (C=O) groups excluding carboxylic acids is 1. The first-order chi connectivity index (χ1) is 9.95. The average molecular weight is 286 g/mol. The number of carboxylic acids is 1. The summed E-state index contributed by atoms with van der Waals surface area (Å²) in [5.74, 6) is -0.947. The highest BCUT2D eigenvalue weighted by atomic mass is 16.4. The molecule has 2 rings (SSSR count). The number of nitrogens with zero attached hydrogens (tertiary/aromatic N) is 1. The van der Waals surface area contributed by atoms with Gasteiger partial charge in [-0.1, -0.05) is 6.07 Å². The zero-order chi connectivity index (χ0) is 15.4.